The lowest BCUT2D eigenvalue weighted by Crippen LogP contribution is -2.28. The first-order valence-electron chi connectivity index (χ1n) is 5.03. The molecular weight excluding hydrogens is 186 g/mol. The fourth-order valence-electron chi connectivity index (χ4n) is 1.43. The van der Waals surface area contributed by atoms with E-state index in [4.69, 9.17) is 11.1 Å². The lowest BCUT2D eigenvalue weighted by molar-refractivity contribution is 0.633. The normalized spacial score (nSPS) is 11.2. The van der Waals surface area contributed by atoms with Gasteiger partial charge in [0.05, 0.1) is 0 Å². The van der Waals surface area contributed by atoms with Crippen molar-refractivity contribution in [1.82, 2.24) is 0 Å². The highest BCUT2D eigenvalue weighted by molar-refractivity contribution is 6.01. The average molecular weight is 205 g/mol. The molecule has 3 heteroatoms. The largest absolute Gasteiger partial charge is 0.384 e. The number of hydrogen-bond donors (Lipinski definition) is 3. The van der Waals surface area contributed by atoms with Crippen LogP contribution in [0.15, 0.2) is 18.2 Å². The van der Waals surface area contributed by atoms with Gasteiger partial charge in [0, 0.05) is 16.8 Å². The van der Waals surface area contributed by atoms with E-state index in [1.807, 2.05) is 25.1 Å². The van der Waals surface area contributed by atoms with Crippen LogP contribution in [0, 0.1) is 12.3 Å². The lowest BCUT2D eigenvalue weighted by Gasteiger charge is -2.25. The van der Waals surface area contributed by atoms with Crippen molar-refractivity contribution in [3.05, 3.63) is 29.3 Å². The summed E-state index contributed by atoms with van der Waals surface area (Å²) in [7, 11) is 0. The topological polar surface area (TPSA) is 61.9 Å². The Labute approximate surface area is 91.2 Å². The molecule has 3 nitrogen and oxygen atoms in total. The van der Waals surface area contributed by atoms with Gasteiger partial charge in [-0.25, -0.2) is 0 Å². The lowest BCUT2D eigenvalue weighted by atomic mass is 10.0. The number of para-hydroxylation sites is 1. The molecule has 0 atom stereocenters. The first kappa shape index (κ1) is 11.6. The van der Waals surface area contributed by atoms with Gasteiger partial charge in [-0.1, -0.05) is 12.1 Å². The summed E-state index contributed by atoms with van der Waals surface area (Å²) in [6.07, 6.45) is 0. The van der Waals surface area contributed by atoms with Gasteiger partial charge in [0.25, 0.3) is 0 Å². The minimum Gasteiger partial charge on any atom is -0.384 e. The molecule has 0 fully saturated rings. The summed E-state index contributed by atoms with van der Waals surface area (Å²) in [5, 5.41) is 10.9. The van der Waals surface area contributed by atoms with E-state index >= 15 is 0 Å². The number of hydrogen-bond acceptors (Lipinski definition) is 2. The number of anilines is 1. The number of amidine groups is 1. The molecule has 0 heterocycles. The van der Waals surface area contributed by atoms with Gasteiger partial charge in [-0.3, -0.25) is 5.41 Å². The van der Waals surface area contributed by atoms with Crippen LogP contribution < -0.4 is 11.1 Å². The van der Waals surface area contributed by atoms with Crippen LogP contribution in [0.5, 0.6) is 0 Å². The first-order chi connectivity index (χ1) is 6.81. The molecule has 1 aromatic carbocycles. The van der Waals surface area contributed by atoms with Gasteiger partial charge in [-0.15, -0.1) is 0 Å². The van der Waals surface area contributed by atoms with Gasteiger partial charge in [0.1, 0.15) is 5.84 Å². The second kappa shape index (κ2) is 3.93. The fourth-order valence-corrected chi connectivity index (χ4v) is 1.43. The van der Waals surface area contributed by atoms with E-state index in [1.54, 1.807) is 0 Å². The molecule has 0 spiro atoms. The van der Waals surface area contributed by atoms with E-state index < -0.39 is 0 Å². The van der Waals surface area contributed by atoms with E-state index in [2.05, 4.69) is 26.1 Å². The Hall–Kier alpha value is -1.51. The summed E-state index contributed by atoms with van der Waals surface area (Å²) in [6, 6.07) is 5.80. The molecule has 0 radical (unpaired) electrons. The fraction of sp³-hybridized carbons (Fsp3) is 0.417. The Morgan fingerprint density at radius 1 is 1.33 bits per heavy atom. The van der Waals surface area contributed by atoms with Gasteiger partial charge >= 0.3 is 0 Å². The molecule has 4 N–H and O–H groups in total. The van der Waals surface area contributed by atoms with Gasteiger partial charge in [-0.05, 0) is 39.3 Å². The van der Waals surface area contributed by atoms with Crippen molar-refractivity contribution in [2.45, 2.75) is 33.2 Å². The molecule has 82 valence electrons. The van der Waals surface area contributed by atoms with Crippen molar-refractivity contribution in [1.29, 1.82) is 5.41 Å². The highest BCUT2D eigenvalue weighted by Gasteiger charge is 2.14. The Balaban J connectivity index is 3.19. The third kappa shape index (κ3) is 2.98. The van der Waals surface area contributed by atoms with E-state index in [9.17, 15) is 0 Å². The van der Waals surface area contributed by atoms with Crippen LogP contribution in [0.1, 0.15) is 31.9 Å². The molecule has 1 rings (SSSR count). The van der Waals surface area contributed by atoms with Crippen LogP contribution in [-0.2, 0) is 0 Å². The quantitative estimate of drug-likeness (QED) is 0.513. The predicted molar refractivity (Wildman–Crippen MR) is 65.6 cm³/mol. The maximum atomic E-state index is 7.52. The van der Waals surface area contributed by atoms with E-state index in [0.29, 0.717) is 0 Å². The number of rotatable bonds is 2. The summed E-state index contributed by atoms with van der Waals surface area (Å²) in [5.74, 6) is 0.102. The second-order valence-electron chi connectivity index (χ2n) is 4.79. The molecular formula is C12H19N3. The molecule has 0 saturated heterocycles. The average Bonchev–Trinajstić information content (AvgIpc) is 2.05. The molecule has 15 heavy (non-hydrogen) atoms. The minimum absolute atomic E-state index is 0.0314. The number of benzene rings is 1. The van der Waals surface area contributed by atoms with Gasteiger partial charge in [-0.2, -0.15) is 0 Å². The monoisotopic (exact) mass is 205 g/mol. The second-order valence-corrected chi connectivity index (χ2v) is 4.79. The van der Waals surface area contributed by atoms with Crippen molar-refractivity contribution >= 4 is 11.5 Å². The zero-order valence-electron chi connectivity index (χ0n) is 9.81. The van der Waals surface area contributed by atoms with Gasteiger partial charge in [0.15, 0.2) is 0 Å². The Kier molecular flexibility index (Phi) is 3.03. The van der Waals surface area contributed by atoms with Crippen molar-refractivity contribution in [2.75, 3.05) is 5.32 Å². The van der Waals surface area contributed by atoms with Crippen molar-refractivity contribution in [2.24, 2.45) is 5.73 Å². The third-order valence-corrected chi connectivity index (χ3v) is 2.06. The molecule has 0 aliphatic heterocycles. The highest BCUT2D eigenvalue weighted by atomic mass is 15.0. The molecule has 0 amide bonds. The summed E-state index contributed by atoms with van der Waals surface area (Å²) in [6.45, 7) is 8.27. The zero-order valence-corrected chi connectivity index (χ0v) is 9.81. The van der Waals surface area contributed by atoms with E-state index in [0.717, 1.165) is 16.8 Å². The van der Waals surface area contributed by atoms with Crippen LogP contribution in [0.3, 0.4) is 0 Å². The van der Waals surface area contributed by atoms with Crippen LogP contribution >= 0.6 is 0 Å². The van der Waals surface area contributed by atoms with E-state index in [-0.39, 0.29) is 11.4 Å². The summed E-state index contributed by atoms with van der Waals surface area (Å²) < 4.78 is 0. The molecule has 0 bridgehead atoms. The van der Waals surface area contributed by atoms with E-state index in [1.165, 1.54) is 0 Å². The van der Waals surface area contributed by atoms with Gasteiger partial charge < -0.3 is 11.1 Å². The molecule has 0 saturated carbocycles. The Morgan fingerprint density at radius 3 is 2.40 bits per heavy atom. The van der Waals surface area contributed by atoms with Crippen LogP contribution in [0.2, 0.25) is 0 Å². The SMILES string of the molecule is Cc1cccc(C(=N)N)c1NC(C)(C)C. The number of nitrogens with two attached hydrogens (primary N) is 1. The van der Waals surface area contributed by atoms with Crippen LogP contribution in [0.25, 0.3) is 0 Å². The summed E-state index contributed by atoms with van der Waals surface area (Å²) in [4.78, 5) is 0. The third-order valence-electron chi connectivity index (χ3n) is 2.06. The molecule has 0 unspecified atom stereocenters. The highest BCUT2D eigenvalue weighted by Crippen LogP contribution is 2.23. The molecule has 0 aliphatic carbocycles. The number of nitrogens with one attached hydrogen (secondary N) is 2. The van der Waals surface area contributed by atoms with Crippen molar-refractivity contribution in [3.63, 3.8) is 0 Å². The van der Waals surface area contributed by atoms with Crippen molar-refractivity contribution < 1.29 is 0 Å². The Morgan fingerprint density at radius 2 is 1.93 bits per heavy atom. The number of aryl methyl sites for hydroxylation is 1. The smallest absolute Gasteiger partial charge is 0.124 e. The standard InChI is InChI=1S/C12H19N3/c1-8-6-5-7-9(11(13)14)10(8)15-12(2,3)4/h5-7,15H,1-4H3,(H3,13,14). The summed E-state index contributed by atoms with van der Waals surface area (Å²) >= 11 is 0. The maximum Gasteiger partial charge on any atom is 0.124 e. The molecule has 1 aromatic rings. The number of nitrogen functional groups attached to an aromatic ring is 1. The first-order valence-corrected chi connectivity index (χ1v) is 5.03. The maximum absolute atomic E-state index is 7.52. The van der Waals surface area contributed by atoms with Gasteiger partial charge in [0.2, 0.25) is 0 Å². The van der Waals surface area contributed by atoms with Crippen LogP contribution in [0.4, 0.5) is 5.69 Å². The molecule has 0 aliphatic rings. The predicted octanol–water partition coefficient (Wildman–Crippen LogP) is 2.49. The summed E-state index contributed by atoms with van der Waals surface area (Å²) in [5.41, 5.74) is 8.35. The van der Waals surface area contributed by atoms with Crippen molar-refractivity contribution in [3.8, 4) is 0 Å². The zero-order chi connectivity index (χ0) is 11.6. The minimum atomic E-state index is -0.0314. The Bertz CT molecular complexity index is 375. The molecule has 0 aromatic heterocycles. The van der Waals surface area contributed by atoms with Crippen LogP contribution in [-0.4, -0.2) is 11.4 Å².